The molecule has 4 rings (SSSR count). The van der Waals surface area contributed by atoms with Gasteiger partial charge in [0.15, 0.2) is 0 Å². The van der Waals surface area contributed by atoms with Crippen molar-refractivity contribution in [2.45, 2.75) is 4.90 Å². The fourth-order valence-corrected chi connectivity index (χ4v) is 3.66. The van der Waals surface area contributed by atoms with E-state index in [1.54, 1.807) is 30.3 Å². The molecule has 0 spiro atoms. The highest BCUT2D eigenvalue weighted by molar-refractivity contribution is 7.86. The van der Waals surface area contributed by atoms with Crippen LogP contribution < -0.4 is 0 Å². The highest BCUT2D eigenvalue weighted by Gasteiger charge is 2.31. The van der Waals surface area contributed by atoms with Gasteiger partial charge in [0.2, 0.25) is 0 Å². The second-order valence-corrected chi connectivity index (χ2v) is 6.55. The number of fused-ring (bicyclic) bond motifs is 2. The minimum atomic E-state index is -4.54. The van der Waals surface area contributed by atoms with E-state index in [0.717, 1.165) is 6.07 Å². The summed E-state index contributed by atoms with van der Waals surface area (Å²) in [6.45, 7) is 0. The maximum Gasteiger partial charge on any atom is 0.346 e. The third-order valence-electron chi connectivity index (χ3n) is 3.87. The zero-order chi connectivity index (χ0) is 16.4. The van der Waals surface area contributed by atoms with Crippen molar-refractivity contribution in [3.63, 3.8) is 0 Å². The van der Waals surface area contributed by atoms with Crippen LogP contribution in [-0.2, 0) is 14.9 Å². The second kappa shape index (κ2) is 4.37. The van der Waals surface area contributed by atoms with E-state index in [0.29, 0.717) is 10.8 Å². The third-order valence-corrected chi connectivity index (χ3v) is 4.77. The number of carbonyl (C=O) groups excluding carboxylic acids is 2. The molecule has 1 aliphatic heterocycles. The Morgan fingerprint density at radius 2 is 1.57 bits per heavy atom. The van der Waals surface area contributed by atoms with E-state index in [-0.39, 0.29) is 26.8 Å². The standard InChI is InChI=1S/C16H8O6S/c17-15-10-5-6-12(23(19,20)21)14-9-4-2-1-3-8(9)7-11(13(10)14)16(18)22-15/h1-7H,(H,19,20,21). The summed E-state index contributed by atoms with van der Waals surface area (Å²) in [6.07, 6.45) is 0. The fraction of sp³-hybridized carbons (Fsp3) is 0. The van der Waals surface area contributed by atoms with E-state index < -0.39 is 22.1 Å². The predicted molar refractivity (Wildman–Crippen MR) is 81.0 cm³/mol. The first-order valence-corrected chi connectivity index (χ1v) is 8.04. The molecule has 0 bridgehead atoms. The molecule has 7 heteroatoms. The predicted octanol–water partition coefficient (Wildman–Crippen LogP) is 2.55. The second-order valence-electron chi connectivity index (χ2n) is 5.16. The van der Waals surface area contributed by atoms with Crippen LogP contribution in [0.2, 0.25) is 0 Å². The lowest BCUT2D eigenvalue weighted by molar-refractivity contribution is 0.0391. The number of esters is 2. The molecule has 0 radical (unpaired) electrons. The number of rotatable bonds is 1. The average Bonchev–Trinajstić information content (AvgIpc) is 2.50. The molecule has 0 aliphatic carbocycles. The van der Waals surface area contributed by atoms with Gasteiger partial charge in [-0.1, -0.05) is 24.3 Å². The summed E-state index contributed by atoms with van der Waals surface area (Å²) in [7, 11) is -4.54. The van der Waals surface area contributed by atoms with Gasteiger partial charge < -0.3 is 4.74 Å². The van der Waals surface area contributed by atoms with Crippen LogP contribution in [0, 0.1) is 0 Å². The molecule has 1 aliphatic rings. The van der Waals surface area contributed by atoms with Crippen molar-refractivity contribution in [1.29, 1.82) is 0 Å². The minimum absolute atomic E-state index is 0.0905. The number of hydrogen-bond acceptors (Lipinski definition) is 5. The van der Waals surface area contributed by atoms with Crippen molar-refractivity contribution < 1.29 is 27.3 Å². The Labute approximate surface area is 130 Å². The van der Waals surface area contributed by atoms with E-state index in [4.69, 9.17) is 0 Å². The number of carbonyl (C=O) groups is 2. The number of benzene rings is 3. The van der Waals surface area contributed by atoms with Gasteiger partial charge in [-0.2, -0.15) is 8.42 Å². The number of hydrogen-bond donors (Lipinski definition) is 1. The Morgan fingerprint density at radius 3 is 2.30 bits per heavy atom. The van der Waals surface area contributed by atoms with Crippen LogP contribution in [0.25, 0.3) is 21.5 Å². The lowest BCUT2D eigenvalue weighted by atomic mass is 9.92. The van der Waals surface area contributed by atoms with E-state index >= 15 is 0 Å². The van der Waals surface area contributed by atoms with Gasteiger partial charge >= 0.3 is 11.9 Å². The summed E-state index contributed by atoms with van der Waals surface area (Å²) < 4.78 is 37.7. The number of ether oxygens (including phenoxy) is 1. The molecule has 0 atom stereocenters. The Bertz CT molecular complexity index is 1140. The highest BCUT2D eigenvalue weighted by Crippen LogP contribution is 2.38. The zero-order valence-corrected chi connectivity index (χ0v) is 12.3. The van der Waals surface area contributed by atoms with Gasteiger partial charge in [-0.3, -0.25) is 4.55 Å². The maximum absolute atomic E-state index is 12.0. The van der Waals surface area contributed by atoms with Crippen molar-refractivity contribution in [3.05, 3.63) is 53.6 Å². The molecule has 0 amide bonds. The molecule has 1 N–H and O–H groups in total. The molecule has 0 aromatic heterocycles. The van der Waals surface area contributed by atoms with Gasteiger partial charge in [0.25, 0.3) is 10.1 Å². The summed E-state index contributed by atoms with van der Waals surface area (Å²) in [5.74, 6) is -1.68. The quantitative estimate of drug-likeness (QED) is 0.319. The summed E-state index contributed by atoms with van der Waals surface area (Å²) in [4.78, 5) is 23.6. The molecule has 23 heavy (non-hydrogen) atoms. The summed E-state index contributed by atoms with van der Waals surface area (Å²) >= 11 is 0. The molecule has 0 saturated carbocycles. The van der Waals surface area contributed by atoms with Crippen LogP contribution in [0.15, 0.2) is 47.4 Å². The monoisotopic (exact) mass is 328 g/mol. The molecule has 0 saturated heterocycles. The van der Waals surface area contributed by atoms with Crippen LogP contribution in [0.1, 0.15) is 20.7 Å². The van der Waals surface area contributed by atoms with Gasteiger partial charge in [-0.05, 0) is 29.0 Å². The highest BCUT2D eigenvalue weighted by atomic mass is 32.2. The van der Waals surface area contributed by atoms with Gasteiger partial charge in [0, 0.05) is 10.8 Å². The van der Waals surface area contributed by atoms with Crippen LogP contribution in [0.3, 0.4) is 0 Å². The summed E-state index contributed by atoms with van der Waals surface area (Å²) in [5, 5.41) is 1.44. The van der Waals surface area contributed by atoms with Crippen molar-refractivity contribution in [3.8, 4) is 0 Å². The molecular weight excluding hydrogens is 320 g/mol. The lowest BCUT2D eigenvalue weighted by Crippen LogP contribution is -2.20. The SMILES string of the molecule is O=C1OC(=O)c2cc3ccccc3c3c(S(=O)(=O)O)ccc1c23. The van der Waals surface area contributed by atoms with Gasteiger partial charge in [0.1, 0.15) is 4.90 Å². The first-order valence-electron chi connectivity index (χ1n) is 6.60. The molecule has 3 aromatic carbocycles. The molecule has 3 aromatic rings. The van der Waals surface area contributed by atoms with E-state index in [1.165, 1.54) is 6.07 Å². The van der Waals surface area contributed by atoms with E-state index in [2.05, 4.69) is 4.74 Å². The topological polar surface area (TPSA) is 97.7 Å². The van der Waals surface area contributed by atoms with Gasteiger partial charge in [-0.25, -0.2) is 9.59 Å². The van der Waals surface area contributed by atoms with Gasteiger partial charge in [-0.15, -0.1) is 0 Å². The molecule has 0 unspecified atom stereocenters. The van der Waals surface area contributed by atoms with E-state index in [9.17, 15) is 22.6 Å². The van der Waals surface area contributed by atoms with Crippen LogP contribution in [0.4, 0.5) is 0 Å². The first-order chi connectivity index (χ1) is 10.9. The minimum Gasteiger partial charge on any atom is -0.386 e. The third kappa shape index (κ3) is 1.87. The molecule has 114 valence electrons. The Hall–Kier alpha value is -2.77. The van der Waals surface area contributed by atoms with E-state index in [1.807, 2.05) is 0 Å². The first kappa shape index (κ1) is 13.9. The number of cyclic esters (lactones) is 2. The summed E-state index contributed by atoms with van der Waals surface area (Å²) in [6, 6.07) is 10.7. The summed E-state index contributed by atoms with van der Waals surface area (Å²) in [5.41, 5.74) is 0.187. The Kier molecular flexibility index (Phi) is 2.64. The molecule has 0 fully saturated rings. The molecular formula is C16H8O6S. The maximum atomic E-state index is 12.0. The molecule has 6 nitrogen and oxygen atoms in total. The van der Waals surface area contributed by atoms with Crippen LogP contribution >= 0.6 is 0 Å². The lowest BCUT2D eigenvalue weighted by Gasteiger charge is -2.18. The Morgan fingerprint density at radius 1 is 0.870 bits per heavy atom. The normalized spacial score (nSPS) is 14.3. The molecule has 1 heterocycles. The van der Waals surface area contributed by atoms with Crippen molar-refractivity contribution in [2.75, 3.05) is 0 Å². The zero-order valence-electron chi connectivity index (χ0n) is 11.4. The fourth-order valence-electron chi connectivity index (χ4n) is 2.95. The smallest absolute Gasteiger partial charge is 0.346 e. The largest absolute Gasteiger partial charge is 0.386 e. The van der Waals surface area contributed by atoms with Crippen LogP contribution in [-0.4, -0.2) is 24.9 Å². The Balaban J connectivity index is 2.39. The average molecular weight is 328 g/mol. The van der Waals surface area contributed by atoms with Crippen molar-refractivity contribution in [2.24, 2.45) is 0 Å². The van der Waals surface area contributed by atoms with Crippen molar-refractivity contribution in [1.82, 2.24) is 0 Å². The van der Waals surface area contributed by atoms with Crippen molar-refractivity contribution >= 4 is 43.6 Å². The van der Waals surface area contributed by atoms with Crippen LogP contribution in [0.5, 0.6) is 0 Å². The van der Waals surface area contributed by atoms with Gasteiger partial charge in [0.05, 0.1) is 11.1 Å².